The van der Waals surface area contributed by atoms with Crippen LogP contribution in [0.1, 0.15) is 26.7 Å². The lowest BCUT2D eigenvalue weighted by Crippen LogP contribution is -2.26. The maximum Gasteiger partial charge on any atom is 0.446 e. The molecule has 168 valence electrons. The standard InChI is InChI=1S/C17H26N3O4PS5/c1-5-22-25(27,24-14-9-6-7-10-15(14)26)20(4)30-19(3)16(21)23-18-13-17(2)28-11-8-12-29-17/h6-7,9,13H,5,8,10-12H2,1-4H3. The fraction of sp³-hybridized carbons (Fsp3) is 0.588. The monoisotopic (exact) mass is 527 g/mol. The number of amides is 1. The number of thiocarbonyl (C=S) groups is 1. The fourth-order valence-corrected chi connectivity index (χ4v) is 8.45. The number of nitrogens with zero attached hydrogens (tertiary/aromatic N) is 3. The molecule has 13 heteroatoms. The predicted octanol–water partition coefficient (Wildman–Crippen LogP) is 5.61. The van der Waals surface area contributed by atoms with E-state index in [0.717, 1.165) is 23.6 Å². The number of carbonyl (C=O) groups is 1. The highest BCUT2D eigenvalue weighted by Crippen LogP contribution is 2.57. The molecule has 1 aliphatic heterocycles. The van der Waals surface area contributed by atoms with Gasteiger partial charge in [-0.15, -0.1) is 23.5 Å². The molecule has 1 amide bonds. The zero-order valence-corrected chi connectivity index (χ0v) is 22.3. The van der Waals surface area contributed by atoms with Gasteiger partial charge in [-0.3, -0.25) is 4.84 Å². The van der Waals surface area contributed by atoms with E-state index in [4.69, 9.17) is 37.9 Å². The maximum atomic E-state index is 12.3. The zero-order chi connectivity index (χ0) is 22.2. The molecule has 0 radical (unpaired) electrons. The van der Waals surface area contributed by atoms with Gasteiger partial charge in [0.1, 0.15) is 5.76 Å². The van der Waals surface area contributed by atoms with E-state index < -0.39 is 12.7 Å². The summed E-state index contributed by atoms with van der Waals surface area (Å²) in [5.41, 5.74) is 0. The number of oxime groups is 1. The summed E-state index contributed by atoms with van der Waals surface area (Å²) in [5.74, 6) is 2.67. The average Bonchev–Trinajstić information content (AvgIpc) is 2.70. The summed E-state index contributed by atoms with van der Waals surface area (Å²) in [6.07, 6.45) is 8.46. The van der Waals surface area contributed by atoms with Crippen molar-refractivity contribution in [1.29, 1.82) is 0 Å². The van der Waals surface area contributed by atoms with E-state index in [-0.39, 0.29) is 4.08 Å². The van der Waals surface area contributed by atoms with Crippen molar-refractivity contribution in [2.24, 2.45) is 5.16 Å². The van der Waals surface area contributed by atoms with Gasteiger partial charge in [-0.1, -0.05) is 29.5 Å². The summed E-state index contributed by atoms with van der Waals surface area (Å²) >= 11 is 15.7. The molecule has 0 aromatic heterocycles. The van der Waals surface area contributed by atoms with Crippen LogP contribution in [0.25, 0.3) is 0 Å². The van der Waals surface area contributed by atoms with Crippen molar-refractivity contribution in [3.05, 3.63) is 24.0 Å². The number of hydrogen-bond donors (Lipinski definition) is 0. The van der Waals surface area contributed by atoms with Crippen molar-refractivity contribution in [3.63, 3.8) is 0 Å². The Morgan fingerprint density at radius 1 is 1.43 bits per heavy atom. The fourth-order valence-electron chi connectivity index (χ4n) is 2.26. The molecule has 1 fully saturated rings. The van der Waals surface area contributed by atoms with E-state index in [9.17, 15) is 4.79 Å². The highest BCUT2D eigenvalue weighted by Gasteiger charge is 2.32. The molecule has 1 unspecified atom stereocenters. The number of allylic oxidation sites excluding steroid dienone is 4. The third-order valence-electron chi connectivity index (χ3n) is 3.79. The lowest BCUT2D eigenvalue weighted by atomic mass is 10.2. The van der Waals surface area contributed by atoms with E-state index in [0.29, 0.717) is 23.7 Å². The Morgan fingerprint density at radius 2 is 2.13 bits per heavy atom. The number of rotatable bonds is 9. The summed E-state index contributed by atoms with van der Waals surface area (Å²) < 4.78 is 14.5. The lowest BCUT2D eigenvalue weighted by Gasteiger charge is -2.32. The van der Waals surface area contributed by atoms with Crippen molar-refractivity contribution >= 4 is 83.5 Å². The van der Waals surface area contributed by atoms with Crippen LogP contribution in [0.3, 0.4) is 0 Å². The quantitative estimate of drug-likeness (QED) is 0.0944. The molecule has 2 rings (SSSR count). The largest absolute Gasteiger partial charge is 0.446 e. The minimum atomic E-state index is -2.92. The normalized spacial score (nSPS) is 20.7. The van der Waals surface area contributed by atoms with Gasteiger partial charge in [-0.25, -0.2) is 9.10 Å². The molecule has 0 spiro atoms. The van der Waals surface area contributed by atoms with Gasteiger partial charge < -0.3 is 9.05 Å². The zero-order valence-electron chi connectivity index (χ0n) is 17.3. The van der Waals surface area contributed by atoms with Gasteiger partial charge in [-0.2, -0.15) is 4.08 Å². The molecule has 1 heterocycles. The topological polar surface area (TPSA) is 63.6 Å². The van der Waals surface area contributed by atoms with Gasteiger partial charge in [0.2, 0.25) is 0 Å². The Kier molecular flexibility index (Phi) is 10.7. The third-order valence-corrected chi connectivity index (χ3v) is 12.0. The third kappa shape index (κ3) is 7.81. The molecule has 0 bridgehead atoms. The van der Waals surface area contributed by atoms with Gasteiger partial charge in [0.25, 0.3) is 0 Å². The number of carbonyl (C=O) groups excluding carboxylic acids is 1. The van der Waals surface area contributed by atoms with Crippen molar-refractivity contribution in [3.8, 4) is 0 Å². The Balaban J connectivity index is 1.95. The van der Waals surface area contributed by atoms with Crippen LogP contribution in [-0.2, 0) is 25.7 Å². The molecule has 0 N–H and O–H groups in total. The number of hydrogen-bond acceptors (Lipinski definition) is 10. The van der Waals surface area contributed by atoms with Gasteiger partial charge >= 0.3 is 12.7 Å². The first-order valence-corrected chi connectivity index (χ1v) is 14.9. The minimum Gasteiger partial charge on any atom is -0.431 e. The van der Waals surface area contributed by atoms with Crippen LogP contribution in [-0.4, -0.2) is 61.8 Å². The van der Waals surface area contributed by atoms with Crippen LogP contribution in [0.5, 0.6) is 0 Å². The Morgan fingerprint density at radius 3 is 2.77 bits per heavy atom. The predicted molar refractivity (Wildman–Crippen MR) is 137 cm³/mol. The Hall–Kier alpha value is -0.0700. The van der Waals surface area contributed by atoms with Crippen LogP contribution in [0.2, 0.25) is 0 Å². The second-order valence-corrected chi connectivity index (χ2v) is 15.0. The van der Waals surface area contributed by atoms with E-state index in [1.165, 1.54) is 10.7 Å². The second-order valence-electron chi connectivity index (χ2n) is 6.27. The molecule has 7 nitrogen and oxygen atoms in total. The Bertz CT molecular complexity index is 770. The van der Waals surface area contributed by atoms with E-state index in [2.05, 4.69) is 12.1 Å². The van der Waals surface area contributed by atoms with Crippen LogP contribution in [0, 0.1) is 0 Å². The van der Waals surface area contributed by atoms with E-state index >= 15 is 0 Å². The molecule has 1 atom stereocenters. The lowest BCUT2D eigenvalue weighted by molar-refractivity contribution is 0.137. The van der Waals surface area contributed by atoms with Crippen molar-refractivity contribution in [2.75, 3.05) is 32.2 Å². The molecule has 30 heavy (non-hydrogen) atoms. The molecule has 1 saturated heterocycles. The summed E-state index contributed by atoms with van der Waals surface area (Å²) in [5, 5.41) is 3.89. The van der Waals surface area contributed by atoms with Crippen LogP contribution in [0.4, 0.5) is 4.79 Å². The van der Waals surface area contributed by atoms with Gasteiger partial charge in [0.15, 0.2) is 0 Å². The molecule has 1 aliphatic carbocycles. The molecule has 0 aromatic carbocycles. The Labute approximate surface area is 201 Å². The average molecular weight is 528 g/mol. The summed E-state index contributed by atoms with van der Waals surface area (Å²) in [6.45, 7) is 1.35. The summed E-state index contributed by atoms with van der Waals surface area (Å²) in [7, 11) is 3.29. The first-order chi connectivity index (χ1) is 14.2. The first kappa shape index (κ1) is 26.2. The number of thioether (sulfide) groups is 2. The highest BCUT2D eigenvalue weighted by molar-refractivity contribution is 8.19. The minimum absolute atomic E-state index is 0.175. The summed E-state index contributed by atoms with van der Waals surface area (Å²) in [4.78, 5) is 18.1. The summed E-state index contributed by atoms with van der Waals surface area (Å²) in [6, 6.07) is 0. The SMILES string of the molecule is CCOP(=S)(OC1=CC=CCC1=S)N(C)SN(C)C(=O)ON=CC1(C)SCCCS1. The van der Waals surface area contributed by atoms with Crippen LogP contribution < -0.4 is 0 Å². The maximum absolute atomic E-state index is 12.3. The van der Waals surface area contributed by atoms with Crippen LogP contribution in [0.15, 0.2) is 29.1 Å². The molecular formula is C17H26N3O4PS5. The van der Waals surface area contributed by atoms with Crippen molar-refractivity contribution in [2.45, 2.75) is 30.8 Å². The van der Waals surface area contributed by atoms with Crippen molar-refractivity contribution < 1.29 is 18.7 Å². The second kappa shape index (κ2) is 12.2. The highest BCUT2D eigenvalue weighted by atomic mass is 32.5. The molecule has 2 aliphatic rings. The van der Waals surface area contributed by atoms with Gasteiger partial charge in [0.05, 0.1) is 33.9 Å². The molecule has 0 aromatic rings. The van der Waals surface area contributed by atoms with Gasteiger partial charge in [-0.05, 0) is 49.7 Å². The van der Waals surface area contributed by atoms with Crippen molar-refractivity contribution in [1.82, 2.24) is 8.38 Å². The molecule has 0 saturated carbocycles. The van der Waals surface area contributed by atoms with E-state index in [1.807, 2.05) is 19.1 Å². The molecular weight excluding hydrogens is 502 g/mol. The van der Waals surface area contributed by atoms with Crippen LogP contribution >= 0.6 is 54.5 Å². The van der Waals surface area contributed by atoms with E-state index in [1.54, 1.807) is 54.0 Å². The van der Waals surface area contributed by atoms with Gasteiger partial charge in [0, 0.05) is 20.5 Å². The first-order valence-electron chi connectivity index (χ1n) is 9.23. The smallest absolute Gasteiger partial charge is 0.431 e.